The number of hydrogen-bond acceptors (Lipinski definition) is 3. The number of rotatable bonds is 2. The van der Waals surface area contributed by atoms with E-state index < -0.39 is 0 Å². The van der Waals surface area contributed by atoms with E-state index in [1.54, 1.807) is 42.5 Å². The molecule has 0 heterocycles. The minimum atomic E-state index is -0.206. The zero-order valence-electron chi connectivity index (χ0n) is 9.18. The predicted octanol–water partition coefficient (Wildman–Crippen LogP) is 2.10. The number of nitrogens with two attached hydrogens (primary N) is 2. The lowest BCUT2D eigenvalue weighted by Crippen LogP contribution is -2.13. The van der Waals surface area contributed by atoms with Crippen LogP contribution in [0.4, 0.5) is 17.1 Å². The molecule has 0 atom stereocenters. The fourth-order valence-corrected chi connectivity index (χ4v) is 1.48. The van der Waals surface area contributed by atoms with Crippen LogP contribution in [-0.2, 0) is 0 Å². The Morgan fingerprint density at radius 2 is 1.65 bits per heavy atom. The zero-order chi connectivity index (χ0) is 12.3. The molecule has 5 N–H and O–H groups in total. The van der Waals surface area contributed by atoms with Gasteiger partial charge in [0.05, 0.1) is 17.1 Å². The molecule has 0 saturated heterocycles. The van der Waals surface area contributed by atoms with Crippen molar-refractivity contribution >= 4 is 23.0 Å². The Bertz CT molecular complexity index is 538. The van der Waals surface area contributed by atoms with Gasteiger partial charge in [0.15, 0.2) is 0 Å². The van der Waals surface area contributed by atoms with Crippen molar-refractivity contribution in [3.05, 3.63) is 54.1 Å². The normalized spacial score (nSPS) is 9.88. The first kappa shape index (κ1) is 11.0. The van der Waals surface area contributed by atoms with Crippen molar-refractivity contribution < 1.29 is 4.79 Å². The van der Waals surface area contributed by atoms with E-state index in [4.69, 9.17) is 11.5 Å². The summed E-state index contributed by atoms with van der Waals surface area (Å²) in [6.07, 6.45) is 0. The number of amides is 1. The van der Waals surface area contributed by atoms with Crippen molar-refractivity contribution in [2.24, 2.45) is 0 Å². The van der Waals surface area contributed by atoms with Crippen LogP contribution in [0.2, 0.25) is 0 Å². The number of carbonyl (C=O) groups is 1. The van der Waals surface area contributed by atoms with Gasteiger partial charge in [0.25, 0.3) is 5.91 Å². The highest BCUT2D eigenvalue weighted by Gasteiger charge is 2.08. The van der Waals surface area contributed by atoms with Crippen molar-refractivity contribution in [1.29, 1.82) is 0 Å². The summed E-state index contributed by atoms with van der Waals surface area (Å²) in [4.78, 5) is 11.9. The topological polar surface area (TPSA) is 81.1 Å². The molecule has 0 aliphatic carbocycles. The molecule has 0 aromatic heterocycles. The van der Waals surface area contributed by atoms with Crippen LogP contribution in [0.15, 0.2) is 48.5 Å². The Labute approximate surface area is 99.2 Å². The van der Waals surface area contributed by atoms with Crippen molar-refractivity contribution in [3.63, 3.8) is 0 Å². The summed E-state index contributed by atoms with van der Waals surface area (Å²) >= 11 is 0. The largest absolute Gasteiger partial charge is 0.397 e. The monoisotopic (exact) mass is 227 g/mol. The first-order valence-electron chi connectivity index (χ1n) is 5.19. The van der Waals surface area contributed by atoms with E-state index in [0.717, 1.165) is 0 Å². The second kappa shape index (κ2) is 4.57. The van der Waals surface area contributed by atoms with Gasteiger partial charge in [-0.2, -0.15) is 0 Å². The SMILES string of the molecule is Nc1cccc(NC(=O)c2ccccc2)c1N. The summed E-state index contributed by atoms with van der Waals surface area (Å²) in [6, 6.07) is 14.1. The Morgan fingerprint density at radius 3 is 2.35 bits per heavy atom. The Hall–Kier alpha value is -2.49. The van der Waals surface area contributed by atoms with Gasteiger partial charge in [0.2, 0.25) is 0 Å². The van der Waals surface area contributed by atoms with Gasteiger partial charge in [-0.3, -0.25) is 4.79 Å². The van der Waals surface area contributed by atoms with Crippen LogP contribution in [0, 0.1) is 0 Å². The minimum absolute atomic E-state index is 0.206. The second-order valence-corrected chi connectivity index (χ2v) is 3.63. The number of anilines is 3. The van der Waals surface area contributed by atoms with E-state index >= 15 is 0 Å². The molecule has 0 unspecified atom stereocenters. The van der Waals surface area contributed by atoms with Gasteiger partial charge in [0, 0.05) is 5.56 Å². The average Bonchev–Trinajstić information content (AvgIpc) is 2.36. The van der Waals surface area contributed by atoms with Crippen molar-refractivity contribution in [2.45, 2.75) is 0 Å². The van der Waals surface area contributed by atoms with Crippen LogP contribution in [0.3, 0.4) is 0 Å². The molecule has 2 rings (SSSR count). The smallest absolute Gasteiger partial charge is 0.255 e. The molecular weight excluding hydrogens is 214 g/mol. The summed E-state index contributed by atoms with van der Waals surface area (Å²) < 4.78 is 0. The molecule has 0 aliphatic heterocycles. The quantitative estimate of drug-likeness (QED) is 0.687. The summed E-state index contributed by atoms with van der Waals surface area (Å²) in [7, 11) is 0. The van der Waals surface area contributed by atoms with Crippen LogP contribution in [0.25, 0.3) is 0 Å². The molecule has 2 aromatic rings. The fraction of sp³-hybridized carbons (Fsp3) is 0. The Morgan fingerprint density at radius 1 is 0.941 bits per heavy atom. The van der Waals surface area contributed by atoms with E-state index in [2.05, 4.69) is 5.32 Å². The molecule has 4 heteroatoms. The number of para-hydroxylation sites is 1. The van der Waals surface area contributed by atoms with E-state index in [1.807, 2.05) is 6.07 Å². The zero-order valence-corrected chi connectivity index (χ0v) is 9.18. The number of nitrogen functional groups attached to an aromatic ring is 2. The molecule has 0 bridgehead atoms. The van der Waals surface area contributed by atoms with Crippen molar-refractivity contribution in [2.75, 3.05) is 16.8 Å². The molecular formula is C13H13N3O. The summed E-state index contributed by atoms with van der Waals surface area (Å²) in [6.45, 7) is 0. The molecule has 4 nitrogen and oxygen atoms in total. The predicted molar refractivity (Wildman–Crippen MR) is 69.7 cm³/mol. The Kier molecular flexibility index (Phi) is 2.96. The third-order valence-electron chi connectivity index (χ3n) is 2.42. The van der Waals surface area contributed by atoms with Gasteiger partial charge in [-0.05, 0) is 24.3 Å². The third-order valence-corrected chi connectivity index (χ3v) is 2.42. The van der Waals surface area contributed by atoms with Crippen molar-refractivity contribution in [1.82, 2.24) is 0 Å². The molecule has 0 fully saturated rings. The van der Waals surface area contributed by atoms with Gasteiger partial charge < -0.3 is 16.8 Å². The number of benzene rings is 2. The second-order valence-electron chi connectivity index (χ2n) is 3.63. The third kappa shape index (κ3) is 2.36. The molecule has 86 valence electrons. The van der Waals surface area contributed by atoms with Gasteiger partial charge in [-0.15, -0.1) is 0 Å². The van der Waals surface area contributed by atoms with Gasteiger partial charge in [-0.25, -0.2) is 0 Å². The van der Waals surface area contributed by atoms with Crippen LogP contribution in [-0.4, -0.2) is 5.91 Å². The van der Waals surface area contributed by atoms with Gasteiger partial charge >= 0.3 is 0 Å². The highest BCUT2D eigenvalue weighted by Crippen LogP contribution is 2.24. The van der Waals surface area contributed by atoms with Crippen molar-refractivity contribution in [3.8, 4) is 0 Å². The van der Waals surface area contributed by atoms with Crippen LogP contribution >= 0.6 is 0 Å². The fourth-order valence-electron chi connectivity index (χ4n) is 1.48. The molecule has 0 radical (unpaired) electrons. The van der Waals surface area contributed by atoms with Crippen LogP contribution < -0.4 is 16.8 Å². The minimum Gasteiger partial charge on any atom is -0.397 e. The lowest BCUT2D eigenvalue weighted by atomic mass is 10.2. The lowest BCUT2D eigenvalue weighted by molar-refractivity contribution is 0.102. The first-order valence-corrected chi connectivity index (χ1v) is 5.19. The highest BCUT2D eigenvalue weighted by molar-refractivity contribution is 6.06. The Balaban J connectivity index is 2.22. The van der Waals surface area contributed by atoms with E-state index in [-0.39, 0.29) is 5.91 Å². The number of hydrogen-bond donors (Lipinski definition) is 3. The van der Waals surface area contributed by atoms with E-state index in [1.165, 1.54) is 0 Å². The maximum atomic E-state index is 11.9. The van der Waals surface area contributed by atoms with E-state index in [0.29, 0.717) is 22.6 Å². The number of carbonyl (C=O) groups excluding carboxylic acids is 1. The van der Waals surface area contributed by atoms with E-state index in [9.17, 15) is 4.79 Å². The molecule has 1 amide bonds. The van der Waals surface area contributed by atoms with Gasteiger partial charge in [0.1, 0.15) is 0 Å². The van der Waals surface area contributed by atoms with Gasteiger partial charge in [-0.1, -0.05) is 24.3 Å². The maximum absolute atomic E-state index is 11.9. The maximum Gasteiger partial charge on any atom is 0.255 e. The van der Waals surface area contributed by atoms with Crippen LogP contribution in [0.5, 0.6) is 0 Å². The average molecular weight is 227 g/mol. The standard InChI is InChI=1S/C13H13N3O/c14-10-7-4-8-11(12(10)15)16-13(17)9-5-2-1-3-6-9/h1-8H,14-15H2,(H,16,17). The molecule has 17 heavy (non-hydrogen) atoms. The first-order chi connectivity index (χ1) is 8.18. The molecule has 2 aromatic carbocycles. The lowest BCUT2D eigenvalue weighted by Gasteiger charge is -2.09. The summed E-state index contributed by atoms with van der Waals surface area (Å²) in [5.41, 5.74) is 13.4. The summed E-state index contributed by atoms with van der Waals surface area (Å²) in [5.74, 6) is -0.206. The van der Waals surface area contributed by atoms with Crippen LogP contribution in [0.1, 0.15) is 10.4 Å². The summed E-state index contributed by atoms with van der Waals surface area (Å²) in [5, 5.41) is 2.72. The molecule has 0 saturated carbocycles. The number of nitrogens with one attached hydrogen (secondary N) is 1. The highest BCUT2D eigenvalue weighted by atomic mass is 16.1. The molecule has 0 aliphatic rings. The molecule has 0 spiro atoms.